The number of benzene rings is 3. The number of fused-ring (bicyclic) bond motifs is 2. The fourth-order valence-electron chi connectivity index (χ4n) is 4.27. The number of esters is 1. The Morgan fingerprint density at radius 1 is 1.09 bits per heavy atom. The number of thiazole rings is 1. The molecule has 176 valence electrons. The number of carbonyl (C=O) groups excluding carboxylic acids is 2. The summed E-state index contributed by atoms with van der Waals surface area (Å²) in [6.07, 6.45) is 0. The molecule has 0 saturated heterocycles. The van der Waals surface area contributed by atoms with Gasteiger partial charge in [0.1, 0.15) is 5.92 Å². The maximum Gasteiger partial charge on any atom is 0.337 e. The molecule has 0 fully saturated rings. The standard InChI is InChI=1S/C27H24N4O3S/c1-31(2)14-16-4-8-19(9-5-16)29-25(17-7-11-23-22(12-17)28-15-35-23)24-20-10-6-18(27(33)34-3)13-21(20)30-26(24)32/h4-13,15,24H,14H2,1-3H3,(H,30,32). The summed E-state index contributed by atoms with van der Waals surface area (Å²) in [5.74, 6) is -1.27. The van der Waals surface area contributed by atoms with Gasteiger partial charge in [0.2, 0.25) is 5.91 Å². The van der Waals surface area contributed by atoms with E-state index in [-0.39, 0.29) is 5.91 Å². The summed E-state index contributed by atoms with van der Waals surface area (Å²) < 4.78 is 5.90. The number of anilines is 1. The number of hydrogen-bond acceptors (Lipinski definition) is 7. The van der Waals surface area contributed by atoms with Crippen LogP contribution in [0.3, 0.4) is 0 Å². The van der Waals surface area contributed by atoms with Gasteiger partial charge in [-0.2, -0.15) is 0 Å². The number of nitrogens with zero attached hydrogens (tertiary/aromatic N) is 3. The highest BCUT2D eigenvalue weighted by molar-refractivity contribution is 7.16. The maximum atomic E-state index is 13.2. The van der Waals surface area contributed by atoms with Gasteiger partial charge in [-0.1, -0.05) is 24.3 Å². The van der Waals surface area contributed by atoms with Crippen molar-refractivity contribution in [1.29, 1.82) is 0 Å². The molecule has 5 rings (SSSR count). The predicted molar refractivity (Wildman–Crippen MR) is 139 cm³/mol. The molecule has 0 spiro atoms. The van der Waals surface area contributed by atoms with Crippen molar-refractivity contribution in [1.82, 2.24) is 9.88 Å². The lowest BCUT2D eigenvalue weighted by Gasteiger charge is -2.15. The number of ether oxygens (including phenoxy) is 1. The second-order valence-electron chi connectivity index (χ2n) is 8.65. The molecule has 1 N–H and O–H groups in total. The normalized spacial score (nSPS) is 15.4. The van der Waals surface area contributed by atoms with Crippen molar-refractivity contribution in [2.45, 2.75) is 12.5 Å². The van der Waals surface area contributed by atoms with Crippen molar-refractivity contribution in [3.8, 4) is 0 Å². The summed E-state index contributed by atoms with van der Waals surface area (Å²) in [6.45, 7) is 0.832. The molecule has 1 aliphatic rings. The Kier molecular flexibility index (Phi) is 6.15. The van der Waals surface area contributed by atoms with E-state index < -0.39 is 11.9 Å². The molecule has 2 heterocycles. The number of hydrogen-bond donors (Lipinski definition) is 1. The molecule has 1 aliphatic heterocycles. The number of amides is 1. The minimum absolute atomic E-state index is 0.191. The van der Waals surface area contributed by atoms with Crippen LogP contribution in [0.25, 0.3) is 10.2 Å². The lowest BCUT2D eigenvalue weighted by molar-refractivity contribution is -0.115. The lowest BCUT2D eigenvalue weighted by Crippen LogP contribution is -2.22. The Balaban J connectivity index is 1.61. The summed E-state index contributed by atoms with van der Waals surface area (Å²) in [4.78, 5) is 36.8. The van der Waals surface area contributed by atoms with Crippen LogP contribution >= 0.6 is 11.3 Å². The fraction of sp³-hybridized carbons (Fsp3) is 0.185. The zero-order chi connectivity index (χ0) is 24.5. The van der Waals surface area contributed by atoms with Gasteiger partial charge >= 0.3 is 5.97 Å². The zero-order valence-electron chi connectivity index (χ0n) is 19.6. The van der Waals surface area contributed by atoms with Gasteiger partial charge in [-0.05, 0) is 67.2 Å². The quantitative estimate of drug-likeness (QED) is 0.308. The third kappa shape index (κ3) is 4.58. The average Bonchev–Trinajstić information content (AvgIpc) is 3.45. The molecular weight excluding hydrogens is 460 g/mol. The van der Waals surface area contributed by atoms with Gasteiger partial charge in [-0.15, -0.1) is 11.3 Å². The highest BCUT2D eigenvalue weighted by Crippen LogP contribution is 2.37. The molecule has 1 aromatic heterocycles. The molecule has 8 heteroatoms. The second kappa shape index (κ2) is 9.40. The van der Waals surface area contributed by atoms with Crippen LogP contribution in [0, 0.1) is 0 Å². The van der Waals surface area contributed by atoms with Gasteiger partial charge in [0, 0.05) is 12.2 Å². The first-order chi connectivity index (χ1) is 16.9. The van der Waals surface area contributed by atoms with Crippen molar-refractivity contribution in [3.05, 3.63) is 88.4 Å². The number of rotatable bonds is 6. The van der Waals surface area contributed by atoms with Crippen LogP contribution in [0.5, 0.6) is 0 Å². The summed E-state index contributed by atoms with van der Waals surface area (Å²) >= 11 is 1.57. The van der Waals surface area contributed by atoms with Gasteiger partial charge in [-0.25, -0.2) is 9.78 Å². The minimum atomic E-state index is -0.630. The van der Waals surface area contributed by atoms with Crippen molar-refractivity contribution >= 4 is 50.5 Å². The minimum Gasteiger partial charge on any atom is -0.465 e. The van der Waals surface area contributed by atoms with Crippen LogP contribution in [0.1, 0.15) is 33.0 Å². The summed E-state index contributed by atoms with van der Waals surface area (Å²) in [5, 5.41) is 2.92. The Bertz CT molecular complexity index is 1460. The largest absolute Gasteiger partial charge is 0.465 e. The number of methoxy groups -OCH3 is 1. The monoisotopic (exact) mass is 484 g/mol. The number of aliphatic imine (C=N–C) groups is 1. The summed E-state index contributed by atoms with van der Waals surface area (Å²) in [5.41, 5.74) is 7.80. The van der Waals surface area contributed by atoms with E-state index in [0.717, 1.165) is 33.6 Å². The van der Waals surface area contributed by atoms with E-state index in [4.69, 9.17) is 9.73 Å². The molecule has 4 aromatic rings. The maximum absolute atomic E-state index is 13.2. The topological polar surface area (TPSA) is 83.9 Å². The van der Waals surface area contributed by atoms with Gasteiger partial charge in [0.25, 0.3) is 0 Å². The Labute approximate surface area is 207 Å². The second-order valence-corrected chi connectivity index (χ2v) is 9.54. The van der Waals surface area contributed by atoms with Crippen LogP contribution in [0.2, 0.25) is 0 Å². The molecule has 0 saturated carbocycles. The van der Waals surface area contributed by atoms with E-state index in [1.54, 1.807) is 35.0 Å². The molecule has 35 heavy (non-hydrogen) atoms. The summed E-state index contributed by atoms with van der Waals surface area (Å²) in [7, 11) is 5.39. The molecule has 1 unspecified atom stereocenters. The molecule has 0 aliphatic carbocycles. The predicted octanol–water partition coefficient (Wildman–Crippen LogP) is 5.00. The zero-order valence-corrected chi connectivity index (χ0v) is 20.4. The molecule has 0 radical (unpaired) electrons. The van der Waals surface area contributed by atoms with E-state index in [1.165, 1.54) is 12.7 Å². The molecule has 7 nitrogen and oxygen atoms in total. The van der Waals surface area contributed by atoms with Gasteiger partial charge in [0.15, 0.2) is 0 Å². The van der Waals surface area contributed by atoms with Gasteiger partial charge in [0.05, 0.1) is 39.8 Å². The van der Waals surface area contributed by atoms with Gasteiger partial charge in [-0.3, -0.25) is 9.79 Å². The van der Waals surface area contributed by atoms with E-state index in [1.807, 2.05) is 56.6 Å². The fourth-order valence-corrected chi connectivity index (χ4v) is 4.93. The highest BCUT2D eigenvalue weighted by atomic mass is 32.1. The van der Waals surface area contributed by atoms with E-state index >= 15 is 0 Å². The molecule has 0 bridgehead atoms. The lowest BCUT2D eigenvalue weighted by atomic mass is 9.90. The van der Waals surface area contributed by atoms with E-state index in [9.17, 15) is 9.59 Å². The van der Waals surface area contributed by atoms with Crippen LogP contribution in [0.4, 0.5) is 11.4 Å². The van der Waals surface area contributed by atoms with Crippen LogP contribution in [-0.4, -0.2) is 48.7 Å². The number of nitrogens with one attached hydrogen (secondary N) is 1. The number of aromatic nitrogens is 1. The van der Waals surface area contributed by atoms with Crippen molar-refractivity contribution < 1.29 is 14.3 Å². The smallest absolute Gasteiger partial charge is 0.337 e. The highest BCUT2D eigenvalue weighted by Gasteiger charge is 2.36. The molecule has 3 aromatic carbocycles. The van der Waals surface area contributed by atoms with Crippen LogP contribution < -0.4 is 5.32 Å². The Morgan fingerprint density at radius 3 is 2.60 bits per heavy atom. The molecule has 1 atom stereocenters. The first-order valence-corrected chi connectivity index (χ1v) is 12.0. The van der Waals surface area contributed by atoms with Crippen molar-refractivity contribution in [3.63, 3.8) is 0 Å². The molecular formula is C27H24N4O3S. The Hall–Kier alpha value is -3.88. The average molecular weight is 485 g/mol. The van der Waals surface area contributed by atoms with Crippen molar-refractivity contribution in [2.75, 3.05) is 26.5 Å². The Morgan fingerprint density at radius 2 is 1.86 bits per heavy atom. The van der Waals surface area contributed by atoms with Crippen molar-refractivity contribution in [2.24, 2.45) is 4.99 Å². The van der Waals surface area contributed by atoms with Crippen LogP contribution in [-0.2, 0) is 16.1 Å². The third-order valence-corrected chi connectivity index (χ3v) is 6.70. The van der Waals surface area contributed by atoms with Gasteiger partial charge < -0.3 is 15.0 Å². The third-order valence-electron chi connectivity index (χ3n) is 5.89. The van der Waals surface area contributed by atoms with E-state index in [2.05, 4.69) is 15.2 Å². The first kappa shape index (κ1) is 22.9. The SMILES string of the molecule is COC(=O)c1ccc2c(c1)NC(=O)C2C(=Nc1ccc(CN(C)C)cc1)c1ccc2scnc2c1. The summed E-state index contributed by atoms with van der Waals surface area (Å²) in [6, 6.07) is 19.1. The molecule has 1 amide bonds. The van der Waals surface area contributed by atoms with E-state index in [0.29, 0.717) is 17.0 Å². The number of carbonyl (C=O) groups is 2. The van der Waals surface area contributed by atoms with Crippen LogP contribution in [0.15, 0.2) is 71.2 Å². The first-order valence-electron chi connectivity index (χ1n) is 11.1.